The van der Waals surface area contributed by atoms with Crippen LogP contribution < -0.4 is 0 Å². The van der Waals surface area contributed by atoms with Crippen molar-refractivity contribution >= 4 is 23.2 Å². The predicted molar refractivity (Wildman–Crippen MR) is 89.3 cm³/mol. The maximum absolute atomic E-state index is 12.6. The number of Topliss-reactive ketones (excluding diaryl/α,β-unsaturated/α-hetero) is 1. The molecule has 0 atom stereocenters. The second kappa shape index (κ2) is 7.67. The first-order chi connectivity index (χ1) is 11.7. The van der Waals surface area contributed by atoms with Crippen molar-refractivity contribution in [2.75, 3.05) is 32.7 Å². The number of carbonyl (C=O) groups is 2. The van der Waals surface area contributed by atoms with E-state index in [1.807, 2.05) is 9.80 Å². The highest BCUT2D eigenvalue weighted by molar-refractivity contribution is 7.08. The third-order valence-corrected chi connectivity index (χ3v) is 4.82. The lowest BCUT2D eigenvalue weighted by molar-refractivity contribution is 0.0623. The van der Waals surface area contributed by atoms with Crippen molar-refractivity contribution < 1.29 is 14.0 Å². The van der Waals surface area contributed by atoms with Gasteiger partial charge in [-0.15, -0.1) is 5.10 Å². The van der Waals surface area contributed by atoms with E-state index < -0.39 is 0 Å². The topological polar surface area (TPSA) is 79.5 Å². The van der Waals surface area contributed by atoms with Crippen molar-refractivity contribution in [3.8, 4) is 0 Å². The SMILES string of the molecule is CCCc1nnsc1C(=O)N1CCN(CC(=O)c2ccco2)CC1. The number of aryl methyl sites for hydroxylation is 1. The van der Waals surface area contributed by atoms with Crippen LogP contribution in [0.15, 0.2) is 22.8 Å². The molecule has 3 heterocycles. The van der Waals surface area contributed by atoms with Crippen LogP contribution in [0, 0.1) is 0 Å². The Morgan fingerprint density at radius 3 is 2.75 bits per heavy atom. The van der Waals surface area contributed by atoms with E-state index in [1.165, 1.54) is 17.8 Å². The molecule has 1 saturated heterocycles. The molecule has 8 heteroatoms. The summed E-state index contributed by atoms with van der Waals surface area (Å²) in [6, 6.07) is 3.38. The Bertz CT molecular complexity index is 690. The van der Waals surface area contributed by atoms with Gasteiger partial charge in [-0.3, -0.25) is 14.5 Å². The van der Waals surface area contributed by atoms with Gasteiger partial charge in [0.1, 0.15) is 4.88 Å². The Labute approximate surface area is 144 Å². The van der Waals surface area contributed by atoms with E-state index in [-0.39, 0.29) is 11.7 Å². The van der Waals surface area contributed by atoms with Gasteiger partial charge in [-0.1, -0.05) is 17.8 Å². The van der Waals surface area contributed by atoms with Crippen molar-refractivity contribution in [1.29, 1.82) is 0 Å². The van der Waals surface area contributed by atoms with Gasteiger partial charge in [0.25, 0.3) is 5.91 Å². The molecule has 0 spiro atoms. The summed E-state index contributed by atoms with van der Waals surface area (Å²) < 4.78 is 9.05. The van der Waals surface area contributed by atoms with Crippen molar-refractivity contribution in [2.24, 2.45) is 0 Å². The number of nitrogens with zero attached hydrogens (tertiary/aromatic N) is 4. The van der Waals surface area contributed by atoms with Gasteiger partial charge in [-0.2, -0.15) is 0 Å². The van der Waals surface area contributed by atoms with Crippen LogP contribution in [0.5, 0.6) is 0 Å². The number of aromatic nitrogens is 2. The van der Waals surface area contributed by atoms with Crippen molar-refractivity contribution in [3.63, 3.8) is 0 Å². The lowest BCUT2D eigenvalue weighted by Crippen LogP contribution is -2.49. The lowest BCUT2D eigenvalue weighted by Gasteiger charge is -2.34. The molecular weight excluding hydrogens is 328 g/mol. The van der Waals surface area contributed by atoms with E-state index in [1.54, 1.807) is 12.1 Å². The van der Waals surface area contributed by atoms with Crippen LogP contribution in [0.25, 0.3) is 0 Å². The molecule has 24 heavy (non-hydrogen) atoms. The van der Waals surface area contributed by atoms with Gasteiger partial charge in [-0.05, 0) is 30.1 Å². The zero-order chi connectivity index (χ0) is 16.9. The predicted octanol–water partition coefficient (Wildman–Crippen LogP) is 1.72. The zero-order valence-corrected chi connectivity index (χ0v) is 14.4. The van der Waals surface area contributed by atoms with Crippen LogP contribution in [-0.2, 0) is 6.42 Å². The average molecular weight is 348 g/mol. The number of piperazine rings is 1. The van der Waals surface area contributed by atoms with Crippen molar-refractivity contribution in [1.82, 2.24) is 19.4 Å². The molecule has 0 radical (unpaired) electrons. The third kappa shape index (κ3) is 3.70. The molecule has 0 bridgehead atoms. The van der Waals surface area contributed by atoms with Gasteiger partial charge in [0.05, 0.1) is 18.5 Å². The van der Waals surface area contributed by atoms with Gasteiger partial charge in [0, 0.05) is 26.2 Å². The van der Waals surface area contributed by atoms with E-state index >= 15 is 0 Å². The second-order valence-electron chi connectivity index (χ2n) is 5.77. The molecule has 1 aliphatic heterocycles. The van der Waals surface area contributed by atoms with Crippen molar-refractivity contribution in [2.45, 2.75) is 19.8 Å². The lowest BCUT2D eigenvalue weighted by atomic mass is 10.2. The van der Waals surface area contributed by atoms with E-state index in [4.69, 9.17) is 4.42 Å². The highest BCUT2D eigenvalue weighted by atomic mass is 32.1. The molecule has 1 amide bonds. The van der Waals surface area contributed by atoms with Gasteiger partial charge in [-0.25, -0.2) is 0 Å². The minimum atomic E-state index is -0.0309. The van der Waals surface area contributed by atoms with Crippen LogP contribution >= 0.6 is 11.5 Å². The first kappa shape index (κ1) is 16.8. The van der Waals surface area contributed by atoms with Crippen molar-refractivity contribution in [3.05, 3.63) is 34.7 Å². The summed E-state index contributed by atoms with van der Waals surface area (Å²) >= 11 is 1.17. The number of hydrogen-bond acceptors (Lipinski definition) is 7. The molecule has 0 aliphatic carbocycles. The molecule has 7 nitrogen and oxygen atoms in total. The Morgan fingerprint density at radius 1 is 1.29 bits per heavy atom. The number of hydrogen-bond donors (Lipinski definition) is 0. The summed E-state index contributed by atoms with van der Waals surface area (Å²) in [5.41, 5.74) is 0.794. The van der Waals surface area contributed by atoms with Gasteiger partial charge >= 0.3 is 0 Å². The van der Waals surface area contributed by atoms with E-state index in [9.17, 15) is 9.59 Å². The second-order valence-corrected chi connectivity index (χ2v) is 6.52. The fourth-order valence-corrected chi connectivity index (χ4v) is 3.42. The summed E-state index contributed by atoms with van der Waals surface area (Å²) in [6.45, 7) is 4.93. The zero-order valence-electron chi connectivity index (χ0n) is 13.6. The summed E-state index contributed by atoms with van der Waals surface area (Å²) in [6.07, 6.45) is 3.21. The molecule has 128 valence electrons. The third-order valence-electron chi connectivity index (χ3n) is 4.06. The van der Waals surface area contributed by atoms with Crippen LogP contribution in [-0.4, -0.2) is 63.8 Å². The summed E-state index contributed by atoms with van der Waals surface area (Å²) in [4.78, 5) is 29.2. The number of rotatable bonds is 6. The number of amides is 1. The molecule has 0 unspecified atom stereocenters. The van der Waals surface area contributed by atoms with Crippen LogP contribution in [0.1, 0.15) is 39.3 Å². The minimum absolute atomic E-state index is 0.00506. The van der Waals surface area contributed by atoms with Crippen LogP contribution in [0.2, 0.25) is 0 Å². The Hall–Kier alpha value is -2.06. The first-order valence-corrected chi connectivity index (χ1v) is 8.86. The van der Waals surface area contributed by atoms with E-state index in [2.05, 4.69) is 16.5 Å². The highest BCUT2D eigenvalue weighted by Crippen LogP contribution is 2.17. The fourth-order valence-electron chi connectivity index (χ4n) is 2.74. The standard InChI is InChI=1S/C16H20N4O3S/c1-2-4-12-15(24-18-17-12)16(22)20-8-6-19(7-9-20)11-13(21)14-5-3-10-23-14/h3,5,10H,2,4,6-9,11H2,1H3. The fraction of sp³-hybridized carbons (Fsp3) is 0.500. The van der Waals surface area contributed by atoms with Gasteiger partial charge < -0.3 is 9.32 Å². The number of ketones is 1. The van der Waals surface area contributed by atoms with E-state index in [0.717, 1.165) is 18.5 Å². The minimum Gasteiger partial charge on any atom is -0.461 e. The smallest absolute Gasteiger partial charge is 0.267 e. The Balaban J connectivity index is 1.54. The molecule has 1 fully saturated rings. The number of furan rings is 1. The summed E-state index contributed by atoms with van der Waals surface area (Å²) in [5.74, 6) is 0.357. The van der Waals surface area contributed by atoms with Gasteiger partial charge in [0.2, 0.25) is 5.78 Å². The van der Waals surface area contributed by atoms with Crippen LogP contribution in [0.3, 0.4) is 0 Å². The molecule has 2 aromatic heterocycles. The maximum atomic E-state index is 12.6. The Kier molecular flexibility index (Phi) is 5.37. The average Bonchev–Trinajstić information content (AvgIpc) is 3.27. The molecule has 0 N–H and O–H groups in total. The normalized spacial score (nSPS) is 15.6. The molecule has 3 rings (SSSR count). The van der Waals surface area contributed by atoms with Crippen LogP contribution in [0.4, 0.5) is 0 Å². The largest absolute Gasteiger partial charge is 0.461 e. The Morgan fingerprint density at radius 2 is 2.08 bits per heavy atom. The first-order valence-electron chi connectivity index (χ1n) is 8.08. The quantitative estimate of drug-likeness (QED) is 0.740. The molecular formula is C16H20N4O3S. The maximum Gasteiger partial charge on any atom is 0.267 e. The molecule has 1 aliphatic rings. The monoisotopic (exact) mass is 348 g/mol. The van der Waals surface area contributed by atoms with Gasteiger partial charge in [0.15, 0.2) is 5.76 Å². The summed E-state index contributed by atoms with van der Waals surface area (Å²) in [7, 11) is 0. The molecule has 0 aromatic carbocycles. The summed E-state index contributed by atoms with van der Waals surface area (Å²) in [5, 5.41) is 4.06. The van der Waals surface area contributed by atoms with E-state index in [0.29, 0.717) is 43.4 Å². The number of carbonyl (C=O) groups excluding carboxylic acids is 2. The molecule has 2 aromatic rings. The highest BCUT2D eigenvalue weighted by Gasteiger charge is 2.27. The molecule has 0 saturated carbocycles.